The van der Waals surface area contributed by atoms with Gasteiger partial charge in [0.1, 0.15) is 6.29 Å². The Kier molecular flexibility index (Phi) is 6.11. The van der Waals surface area contributed by atoms with E-state index in [0.29, 0.717) is 6.29 Å². The van der Waals surface area contributed by atoms with Crippen LogP contribution in [-0.2, 0) is 9.53 Å². The highest BCUT2D eigenvalue weighted by atomic mass is 16.5. The summed E-state index contributed by atoms with van der Waals surface area (Å²) in [5.74, 6) is -0.525. The highest BCUT2D eigenvalue weighted by molar-refractivity contribution is 6.60. The second kappa shape index (κ2) is 8.07. The first kappa shape index (κ1) is 18.2. The van der Waals surface area contributed by atoms with Crippen LogP contribution in [0.15, 0.2) is 18.2 Å². The molecule has 1 aliphatic carbocycles. The third kappa shape index (κ3) is 4.66. The summed E-state index contributed by atoms with van der Waals surface area (Å²) in [6.45, 7) is 2.01. The standard InChI is InChI=1S/C16H20BNO6/c1-2-24-15(20)8-14(10-3-4-10)18-16(21)11-5-6-13(17(22)23)12(7-11)9-19/h5-7,9-10,14,22-23H,2-4,8H2,1H3,(H,18,21)/t14-/m0/s1. The van der Waals surface area contributed by atoms with Gasteiger partial charge in [0.25, 0.3) is 5.91 Å². The minimum absolute atomic E-state index is 0.0333. The molecule has 0 heterocycles. The van der Waals surface area contributed by atoms with E-state index in [1.54, 1.807) is 6.92 Å². The van der Waals surface area contributed by atoms with Gasteiger partial charge in [0.2, 0.25) is 0 Å². The van der Waals surface area contributed by atoms with Gasteiger partial charge in [-0.2, -0.15) is 0 Å². The van der Waals surface area contributed by atoms with Crippen molar-refractivity contribution >= 4 is 30.7 Å². The number of ether oxygens (including phenoxy) is 1. The smallest absolute Gasteiger partial charge is 0.466 e. The average Bonchev–Trinajstić information content (AvgIpc) is 3.38. The molecule has 0 aromatic heterocycles. The van der Waals surface area contributed by atoms with Gasteiger partial charge in [-0.05, 0) is 43.3 Å². The molecule has 0 radical (unpaired) electrons. The molecule has 1 amide bonds. The average molecular weight is 333 g/mol. The summed E-state index contributed by atoms with van der Waals surface area (Å²) in [4.78, 5) is 35.1. The fourth-order valence-electron chi connectivity index (χ4n) is 2.54. The van der Waals surface area contributed by atoms with Crippen LogP contribution < -0.4 is 10.8 Å². The van der Waals surface area contributed by atoms with Crippen molar-refractivity contribution < 1.29 is 29.2 Å². The first-order chi connectivity index (χ1) is 11.5. The molecule has 128 valence electrons. The second-order valence-corrected chi connectivity index (χ2v) is 5.76. The Morgan fingerprint density at radius 3 is 2.67 bits per heavy atom. The highest BCUT2D eigenvalue weighted by Gasteiger charge is 2.34. The summed E-state index contributed by atoms with van der Waals surface area (Å²) in [6, 6.07) is 3.72. The normalized spacial score (nSPS) is 14.6. The van der Waals surface area contributed by atoms with Crippen molar-refractivity contribution in [3.05, 3.63) is 29.3 Å². The Hall–Kier alpha value is -2.19. The van der Waals surface area contributed by atoms with Crippen LogP contribution in [0.1, 0.15) is 46.9 Å². The number of hydrogen-bond donors (Lipinski definition) is 3. The number of carbonyl (C=O) groups is 3. The summed E-state index contributed by atoms with van der Waals surface area (Å²) in [5.41, 5.74) is 0.286. The van der Waals surface area contributed by atoms with Crippen LogP contribution in [-0.4, -0.2) is 48.0 Å². The number of aldehydes is 1. The van der Waals surface area contributed by atoms with Crippen molar-refractivity contribution in [3.63, 3.8) is 0 Å². The number of esters is 1. The summed E-state index contributed by atoms with van der Waals surface area (Å²) in [6.07, 6.45) is 2.46. The first-order valence-electron chi connectivity index (χ1n) is 7.88. The Morgan fingerprint density at radius 1 is 1.42 bits per heavy atom. The maximum absolute atomic E-state index is 12.4. The van der Waals surface area contributed by atoms with Gasteiger partial charge < -0.3 is 20.1 Å². The number of hydrogen-bond acceptors (Lipinski definition) is 6. The molecule has 1 aromatic rings. The molecular formula is C16H20BNO6. The second-order valence-electron chi connectivity index (χ2n) is 5.76. The van der Waals surface area contributed by atoms with Gasteiger partial charge in [0, 0.05) is 17.2 Å². The van der Waals surface area contributed by atoms with Crippen LogP contribution >= 0.6 is 0 Å². The molecule has 0 aliphatic heterocycles. The summed E-state index contributed by atoms with van der Waals surface area (Å²) >= 11 is 0. The minimum atomic E-state index is -1.79. The molecule has 24 heavy (non-hydrogen) atoms. The molecule has 8 heteroatoms. The molecule has 3 N–H and O–H groups in total. The Balaban J connectivity index is 2.09. The van der Waals surface area contributed by atoms with Crippen molar-refractivity contribution in [1.82, 2.24) is 5.32 Å². The molecule has 2 rings (SSSR count). The third-order valence-corrected chi connectivity index (χ3v) is 3.95. The van der Waals surface area contributed by atoms with E-state index in [2.05, 4.69) is 5.32 Å². The van der Waals surface area contributed by atoms with Gasteiger partial charge >= 0.3 is 13.1 Å². The molecule has 1 aromatic carbocycles. The molecule has 1 saturated carbocycles. The van der Waals surface area contributed by atoms with E-state index in [4.69, 9.17) is 4.74 Å². The van der Waals surface area contributed by atoms with Crippen LogP contribution in [0.2, 0.25) is 0 Å². The quantitative estimate of drug-likeness (QED) is 0.340. The van der Waals surface area contributed by atoms with Crippen molar-refractivity contribution in [2.75, 3.05) is 6.61 Å². The van der Waals surface area contributed by atoms with Gasteiger partial charge in [0.15, 0.2) is 0 Å². The van der Waals surface area contributed by atoms with E-state index in [1.807, 2.05) is 0 Å². The lowest BCUT2D eigenvalue weighted by Crippen LogP contribution is -2.39. The SMILES string of the molecule is CCOC(=O)C[C@H](NC(=O)c1ccc(B(O)O)c(C=O)c1)C1CC1. The zero-order valence-electron chi connectivity index (χ0n) is 13.4. The van der Waals surface area contributed by atoms with Gasteiger partial charge in [-0.1, -0.05) is 6.07 Å². The lowest BCUT2D eigenvalue weighted by Gasteiger charge is -2.18. The predicted molar refractivity (Wildman–Crippen MR) is 86.9 cm³/mol. The molecular weight excluding hydrogens is 313 g/mol. The number of rotatable bonds is 8. The van der Waals surface area contributed by atoms with E-state index in [9.17, 15) is 24.4 Å². The van der Waals surface area contributed by atoms with E-state index in [0.717, 1.165) is 12.8 Å². The number of nitrogens with one attached hydrogen (secondary N) is 1. The zero-order chi connectivity index (χ0) is 17.7. The van der Waals surface area contributed by atoms with Gasteiger partial charge in [-0.15, -0.1) is 0 Å². The molecule has 1 fully saturated rings. The van der Waals surface area contributed by atoms with Crippen LogP contribution in [0.5, 0.6) is 0 Å². The molecule has 1 aliphatic rings. The monoisotopic (exact) mass is 333 g/mol. The molecule has 7 nitrogen and oxygen atoms in total. The summed E-state index contributed by atoms with van der Waals surface area (Å²) < 4.78 is 4.92. The number of carbonyl (C=O) groups excluding carboxylic acids is 3. The van der Waals surface area contributed by atoms with Crippen LogP contribution in [0.4, 0.5) is 0 Å². The largest absolute Gasteiger partial charge is 0.489 e. The first-order valence-corrected chi connectivity index (χ1v) is 7.88. The van der Waals surface area contributed by atoms with E-state index in [-0.39, 0.29) is 47.5 Å². The molecule has 0 spiro atoms. The Labute approximate surface area is 140 Å². The molecule has 1 atom stereocenters. The van der Waals surface area contributed by atoms with Crippen molar-refractivity contribution in [3.8, 4) is 0 Å². The topological polar surface area (TPSA) is 113 Å². The zero-order valence-corrected chi connectivity index (χ0v) is 13.4. The third-order valence-electron chi connectivity index (χ3n) is 3.95. The van der Waals surface area contributed by atoms with Crippen molar-refractivity contribution in [1.29, 1.82) is 0 Å². The van der Waals surface area contributed by atoms with E-state index in [1.165, 1.54) is 18.2 Å². The van der Waals surface area contributed by atoms with Crippen LogP contribution in [0.3, 0.4) is 0 Å². The summed E-state index contributed by atoms with van der Waals surface area (Å²) in [5, 5.41) is 21.2. The Morgan fingerprint density at radius 2 is 2.12 bits per heavy atom. The van der Waals surface area contributed by atoms with Gasteiger partial charge in [-0.25, -0.2) is 0 Å². The fraction of sp³-hybridized carbons (Fsp3) is 0.438. The number of amides is 1. The van der Waals surface area contributed by atoms with Crippen molar-refractivity contribution in [2.45, 2.75) is 32.2 Å². The minimum Gasteiger partial charge on any atom is -0.466 e. The maximum Gasteiger partial charge on any atom is 0.489 e. The highest BCUT2D eigenvalue weighted by Crippen LogP contribution is 2.34. The van der Waals surface area contributed by atoms with Gasteiger partial charge in [0.05, 0.1) is 13.0 Å². The van der Waals surface area contributed by atoms with Crippen LogP contribution in [0.25, 0.3) is 0 Å². The molecule has 0 saturated heterocycles. The molecule has 0 bridgehead atoms. The summed E-state index contributed by atoms with van der Waals surface area (Å²) in [7, 11) is -1.79. The number of benzene rings is 1. The van der Waals surface area contributed by atoms with Gasteiger partial charge in [-0.3, -0.25) is 14.4 Å². The van der Waals surface area contributed by atoms with Crippen LogP contribution in [0, 0.1) is 5.92 Å². The lowest BCUT2D eigenvalue weighted by atomic mass is 9.77. The Bertz CT molecular complexity index is 629. The van der Waals surface area contributed by atoms with E-state index >= 15 is 0 Å². The van der Waals surface area contributed by atoms with E-state index < -0.39 is 13.0 Å². The maximum atomic E-state index is 12.4. The van der Waals surface area contributed by atoms with Crippen molar-refractivity contribution in [2.24, 2.45) is 5.92 Å². The molecule has 0 unspecified atom stereocenters. The fourth-order valence-corrected chi connectivity index (χ4v) is 2.54. The predicted octanol–water partition coefficient (Wildman–Crippen LogP) is -0.359. The lowest BCUT2D eigenvalue weighted by molar-refractivity contribution is -0.143.